The van der Waals surface area contributed by atoms with Crippen LogP contribution in [0.2, 0.25) is 0 Å². The SMILES string of the molecule is CSc1ccc(C(C)(C)C)cc1[N+](=O)[O-]. The van der Waals surface area contributed by atoms with Gasteiger partial charge in [-0.25, -0.2) is 0 Å². The van der Waals surface area contributed by atoms with Gasteiger partial charge >= 0.3 is 0 Å². The van der Waals surface area contributed by atoms with E-state index in [2.05, 4.69) is 0 Å². The molecule has 0 amide bonds. The van der Waals surface area contributed by atoms with Crippen molar-refractivity contribution in [1.82, 2.24) is 0 Å². The van der Waals surface area contributed by atoms with Gasteiger partial charge < -0.3 is 0 Å². The molecule has 0 saturated heterocycles. The van der Waals surface area contributed by atoms with E-state index in [1.807, 2.05) is 39.2 Å². The number of nitrogens with zero attached hydrogens (tertiary/aromatic N) is 1. The third-order valence-electron chi connectivity index (χ3n) is 2.24. The second-order valence-corrected chi connectivity index (χ2v) is 5.24. The highest BCUT2D eigenvalue weighted by Crippen LogP contribution is 2.32. The standard InChI is InChI=1S/C11H15NO2S/c1-11(2,3)8-5-6-10(15-4)9(7-8)12(13)14/h5-7H,1-4H3. The van der Waals surface area contributed by atoms with E-state index in [0.29, 0.717) is 4.90 Å². The van der Waals surface area contributed by atoms with Crippen LogP contribution in [0, 0.1) is 10.1 Å². The predicted octanol–water partition coefficient (Wildman–Crippen LogP) is 3.61. The maximum absolute atomic E-state index is 10.9. The summed E-state index contributed by atoms with van der Waals surface area (Å²) in [7, 11) is 0. The molecule has 0 bridgehead atoms. The maximum atomic E-state index is 10.9. The highest BCUT2D eigenvalue weighted by molar-refractivity contribution is 7.98. The normalized spacial score (nSPS) is 11.5. The third-order valence-corrected chi connectivity index (χ3v) is 3.03. The maximum Gasteiger partial charge on any atom is 0.283 e. The Bertz CT molecular complexity index is 383. The molecule has 3 nitrogen and oxygen atoms in total. The summed E-state index contributed by atoms with van der Waals surface area (Å²) in [6.07, 6.45) is 1.85. The number of thioether (sulfide) groups is 1. The van der Waals surface area contributed by atoms with Crippen molar-refractivity contribution in [2.45, 2.75) is 31.1 Å². The molecule has 0 aliphatic heterocycles. The van der Waals surface area contributed by atoms with Gasteiger partial charge in [-0.2, -0.15) is 0 Å². The Morgan fingerprint density at radius 1 is 1.33 bits per heavy atom. The van der Waals surface area contributed by atoms with Gasteiger partial charge in [-0.1, -0.05) is 26.8 Å². The Morgan fingerprint density at radius 3 is 2.33 bits per heavy atom. The van der Waals surface area contributed by atoms with Crippen molar-refractivity contribution in [3.05, 3.63) is 33.9 Å². The van der Waals surface area contributed by atoms with Crippen LogP contribution in [0.15, 0.2) is 23.1 Å². The van der Waals surface area contributed by atoms with Crippen molar-refractivity contribution in [2.24, 2.45) is 0 Å². The molecule has 0 aliphatic carbocycles. The van der Waals surface area contributed by atoms with E-state index >= 15 is 0 Å². The van der Waals surface area contributed by atoms with E-state index in [9.17, 15) is 10.1 Å². The molecular formula is C11H15NO2S. The molecule has 0 fully saturated rings. The van der Waals surface area contributed by atoms with Gasteiger partial charge in [0, 0.05) is 6.07 Å². The molecule has 0 unspecified atom stereocenters. The highest BCUT2D eigenvalue weighted by atomic mass is 32.2. The molecule has 0 atom stereocenters. The fourth-order valence-corrected chi connectivity index (χ4v) is 1.85. The molecule has 15 heavy (non-hydrogen) atoms. The molecule has 0 heterocycles. The van der Waals surface area contributed by atoms with Crippen LogP contribution >= 0.6 is 11.8 Å². The monoisotopic (exact) mass is 225 g/mol. The van der Waals surface area contributed by atoms with Crippen molar-refractivity contribution in [3.8, 4) is 0 Å². The number of hydrogen-bond acceptors (Lipinski definition) is 3. The topological polar surface area (TPSA) is 43.1 Å². The molecule has 1 rings (SSSR count). The highest BCUT2D eigenvalue weighted by Gasteiger charge is 2.20. The predicted molar refractivity (Wildman–Crippen MR) is 63.6 cm³/mol. The van der Waals surface area contributed by atoms with Crippen LogP contribution in [-0.2, 0) is 5.41 Å². The molecule has 1 aromatic carbocycles. The number of hydrogen-bond donors (Lipinski definition) is 0. The fourth-order valence-electron chi connectivity index (χ4n) is 1.30. The molecular weight excluding hydrogens is 210 g/mol. The molecule has 0 aliphatic rings. The third kappa shape index (κ3) is 2.72. The lowest BCUT2D eigenvalue weighted by atomic mass is 9.87. The lowest BCUT2D eigenvalue weighted by Crippen LogP contribution is -2.11. The minimum absolute atomic E-state index is 0.0539. The first-order chi connectivity index (χ1) is 6.86. The van der Waals surface area contributed by atoms with Crippen LogP contribution < -0.4 is 0 Å². The minimum Gasteiger partial charge on any atom is -0.258 e. The molecule has 1 aromatic rings. The zero-order valence-electron chi connectivity index (χ0n) is 9.40. The molecule has 0 saturated carbocycles. The zero-order chi connectivity index (χ0) is 11.6. The average molecular weight is 225 g/mol. The fraction of sp³-hybridized carbons (Fsp3) is 0.455. The van der Waals surface area contributed by atoms with Crippen LogP contribution in [-0.4, -0.2) is 11.2 Å². The molecule has 0 spiro atoms. The Morgan fingerprint density at radius 2 is 1.93 bits per heavy atom. The minimum atomic E-state index is -0.318. The summed E-state index contributed by atoms with van der Waals surface area (Å²) in [5.41, 5.74) is 1.14. The quantitative estimate of drug-likeness (QED) is 0.438. The van der Waals surface area contributed by atoms with E-state index in [0.717, 1.165) is 5.56 Å². The summed E-state index contributed by atoms with van der Waals surface area (Å²) in [5.74, 6) is 0. The van der Waals surface area contributed by atoms with Gasteiger partial charge in [0.1, 0.15) is 0 Å². The summed E-state index contributed by atoms with van der Waals surface area (Å²) in [4.78, 5) is 11.2. The smallest absolute Gasteiger partial charge is 0.258 e. The summed E-state index contributed by atoms with van der Waals surface area (Å²) in [6, 6.07) is 5.45. The first-order valence-corrected chi connectivity index (χ1v) is 5.91. The van der Waals surface area contributed by atoms with E-state index in [1.54, 1.807) is 6.07 Å². The molecule has 0 N–H and O–H groups in total. The van der Waals surface area contributed by atoms with Crippen LogP contribution in [0.3, 0.4) is 0 Å². The van der Waals surface area contributed by atoms with E-state index in [-0.39, 0.29) is 16.0 Å². The number of nitro benzene ring substituents is 1. The van der Waals surface area contributed by atoms with Crippen LogP contribution in [0.4, 0.5) is 5.69 Å². The second kappa shape index (κ2) is 4.23. The first-order valence-electron chi connectivity index (χ1n) is 4.69. The molecule has 0 aromatic heterocycles. The van der Waals surface area contributed by atoms with E-state index in [4.69, 9.17) is 0 Å². The molecule has 0 radical (unpaired) electrons. The largest absolute Gasteiger partial charge is 0.283 e. The number of rotatable bonds is 2. The van der Waals surface area contributed by atoms with Crippen molar-refractivity contribution in [3.63, 3.8) is 0 Å². The summed E-state index contributed by atoms with van der Waals surface area (Å²) >= 11 is 1.40. The number of benzene rings is 1. The van der Waals surface area contributed by atoms with Gasteiger partial charge in [-0.15, -0.1) is 11.8 Å². The molecule has 82 valence electrons. The van der Waals surface area contributed by atoms with Gasteiger partial charge in [-0.05, 0) is 23.3 Å². The van der Waals surface area contributed by atoms with Crippen LogP contribution in [0.1, 0.15) is 26.3 Å². The second-order valence-electron chi connectivity index (χ2n) is 4.39. The first kappa shape index (κ1) is 12.0. The van der Waals surface area contributed by atoms with Crippen LogP contribution in [0.5, 0.6) is 0 Å². The van der Waals surface area contributed by atoms with Gasteiger partial charge in [0.05, 0.1) is 9.82 Å². The van der Waals surface area contributed by atoms with Crippen molar-refractivity contribution in [2.75, 3.05) is 6.26 Å². The molecule has 4 heteroatoms. The summed E-state index contributed by atoms with van der Waals surface area (Å²) < 4.78 is 0. The Hall–Kier alpha value is -1.03. The Kier molecular flexibility index (Phi) is 3.39. The lowest BCUT2D eigenvalue weighted by molar-refractivity contribution is -0.387. The zero-order valence-corrected chi connectivity index (χ0v) is 10.2. The van der Waals surface area contributed by atoms with E-state index in [1.165, 1.54) is 11.8 Å². The van der Waals surface area contributed by atoms with Crippen LogP contribution in [0.25, 0.3) is 0 Å². The summed E-state index contributed by atoms with van der Waals surface area (Å²) in [5, 5.41) is 10.9. The van der Waals surface area contributed by atoms with Crippen molar-refractivity contribution in [1.29, 1.82) is 0 Å². The van der Waals surface area contributed by atoms with Crippen molar-refractivity contribution >= 4 is 17.4 Å². The van der Waals surface area contributed by atoms with Gasteiger partial charge in [0.2, 0.25) is 0 Å². The Labute approximate surface area is 94.0 Å². The Balaban J connectivity index is 3.28. The average Bonchev–Trinajstić information content (AvgIpc) is 2.15. The lowest BCUT2D eigenvalue weighted by Gasteiger charge is -2.18. The van der Waals surface area contributed by atoms with Gasteiger partial charge in [0.15, 0.2) is 0 Å². The van der Waals surface area contributed by atoms with Gasteiger partial charge in [-0.3, -0.25) is 10.1 Å². The summed E-state index contributed by atoms with van der Waals surface area (Å²) in [6.45, 7) is 6.14. The van der Waals surface area contributed by atoms with E-state index < -0.39 is 0 Å². The van der Waals surface area contributed by atoms with Crippen molar-refractivity contribution < 1.29 is 4.92 Å². The number of nitro groups is 1. The van der Waals surface area contributed by atoms with Gasteiger partial charge in [0.25, 0.3) is 5.69 Å².